The molecule has 4 heteroatoms. The van der Waals surface area contributed by atoms with Crippen molar-refractivity contribution in [3.8, 4) is 0 Å². The number of halogens is 1. The summed E-state index contributed by atoms with van der Waals surface area (Å²) in [5.41, 5.74) is 2.14. The highest BCUT2D eigenvalue weighted by molar-refractivity contribution is 6.13. The number of benzene rings is 2. The van der Waals surface area contributed by atoms with Crippen molar-refractivity contribution in [3.63, 3.8) is 0 Å². The topological polar surface area (TPSA) is 46.2 Å². The van der Waals surface area contributed by atoms with Crippen molar-refractivity contribution in [1.82, 2.24) is 0 Å². The van der Waals surface area contributed by atoms with Crippen LogP contribution < -0.4 is 5.32 Å². The maximum atomic E-state index is 12.9. The summed E-state index contributed by atoms with van der Waals surface area (Å²) in [5, 5.41) is 2.63. The minimum absolute atomic E-state index is 0.248. The van der Waals surface area contributed by atoms with E-state index in [-0.39, 0.29) is 11.7 Å². The first-order chi connectivity index (χ1) is 9.47. The van der Waals surface area contributed by atoms with Crippen LogP contribution in [0.1, 0.15) is 28.4 Å². The number of amides is 1. The number of nitrogens with one attached hydrogen (secondary N) is 1. The number of rotatable bonds is 3. The van der Waals surface area contributed by atoms with Gasteiger partial charge in [-0.1, -0.05) is 11.6 Å². The quantitative estimate of drug-likeness (QED) is 0.870. The van der Waals surface area contributed by atoms with E-state index in [0.717, 1.165) is 5.56 Å². The molecule has 0 heterocycles. The summed E-state index contributed by atoms with van der Waals surface area (Å²) in [6.07, 6.45) is 0. The Morgan fingerprint density at radius 1 is 1.05 bits per heavy atom. The summed E-state index contributed by atoms with van der Waals surface area (Å²) in [7, 11) is 0. The molecule has 20 heavy (non-hydrogen) atoms. The lowest BCUT2D eigenvalue weighted by molar-refractivity contribution is -0.114. The minimum atomic E-state index is -0.395. The zero-order valence-corrected chi connectivity index (χ0v) is 11.2. The maximum Gasteiger partial charge on any atom is 0.221 e. The molecule has 3 nitrogen and oxygen atoms in total. The maximum absolute atomic E-state index is 12.9. The van der Waals surface area contributed by atoms with Gasteiger partial charge in [0.15, 0.2) is 5.78 Å². The Hall–Kier alpha value is -2.49. The van der Waals surface area contributed by atoms with Crippen molar-refractivity contribution in [1.29, 1.82) is 0 Å². The SMILES string of the molecule is CC(=O)Nc1ccc(C)cc1C(=O)c1ccc(F)cc1. The van der Waals surface area contributed by atoms with E-state index in [1.807, 2.05) is 13.0 Å². The summed E-state index contributed by atoms with van der Waals surface area (Å²) in [6.45, 7) is 3.24. The zero-order chi connectivity index (χ0) is 14.7. The van der Waals surface area contributed by atoms with Gasteiger partial charge in [0, 0.05) is 18.1 Å². The molecule has 1 amide bonds. The summed E-state index contributed by atoms with van der Waals surface area (Å²) in [4.78, 5) is 23.6. The number of ketones is 1. The number of anilines is 1. The molecule has 0 radical (unpaired) electrons. The highest BCUT2D eigenvalue weighted by atomic mass is 19.1. The Bertz CT molecular complexity index is 663. The fourth-order valence-electron chi connectivity index (χ4n) is 1.90. The summed E-state index contributed by atoms with van der Waals surface area (Å²) >= 11 is 0. The molecule has 1 N–H and O–H groups in total. The normalized spacial score (nSPS) is 10.2. The van der Waals surface area contributed by atoms with Gasteiger partial charge in [0.05, 0.1) is 5.69 Å². The second-order valence-corrected chi connectivity index (χ2v) is 4.57. The molecule has 0 saturated carbocycles. The van der Waals surface area contributed by atoms with E-state index in [2.05, 4.69) is 5.32 Å². The molecule has 0 aliphatic rings. The van der Waals surface area contributed by atoms with E-state index >= 15 is 0 Å². The largest absolute Gasteiger partial charge is 0.326 e. The first kappa shape index (κ1) is 13.9. The van der Waals surface area contributed by atoms with E-state index in [9.17, 15) is 14.0 Å². The highest BCUT2D eigenvalue weighted by Gasteiger charge is 2.14. The van der Waals surface area contributed by atoms with E-state index in [1.54, 1.807) is 12.1 Å². The predicted octanol–water partition coefficient (Wildman–Crippen LogP) is 3.32. The second kappa shape index (κ2) is 5.65. The van der Waals surface area contributed by atoms with Crippen molar-refractivity contribution in [2.75, 3.05) is 5.32 Å². The molecule has 0 spiro atoms. The van der Waals surface area contributed by atoms with Crippen LogP contribution in [0.25, 0.3) is 0 Å². The monoisotopic (exact) mass is 271 g/mol. The first-order valence-electron chi connectivity index (χ1n) is 6.16. The third-order valence-corrected chi connectivity index (χ3v) is 2.84. The molecule has 2 aromatic carbocycles. The Morgan fingerprint density at radius 2 is 1.70 bits per heavy atom. The first-order valence-corrected chi connectivity index (χ1v) is 6.16. The average molecular weight is 271 g/mol. The molecule has 0 saturated heterocycles. The van der Waals surface area contributed by atoms with Gasteiger partial charge < -0.3 is 5.32 Å². The van der Waals surface area contributed by atoms with Crippen molar-refractivity contribution >= 4 is 17.4 Å². The van der Waals surface area contributed by atoms with Gasteiger partial charge in [-0.05, 0) is 43.3 Å². The van der Waals surface area contributed by atoms with Crippen molar-refractivity contribution in [3.05, 3.63) is 65.0 Å². The molecule has 2 aromatic rings. The van der Waals surface area contributed by atoms with Gasteiger partial charge in [-0.3, -0.25) is 9.59 Å². The fourth-order valence-corrected chi connectivity index (χ4v) is 1.90. The van der Waals surface area contributed by atoms with Gasteiger partial charge >= 0.3 is 0 Å². The van der Waals surface area contributed by atoms with Crippen molar-refractivity contribution in [2.24, 2.45) is 0 Å². The van der Waals surface area contributed by atoms with Crippen LogP contribution in [0.5, 0.6) is 0 Å². The lowest BCUT2D eigenvalue weighted by Crippen LogP contribution is -2.12. The van der Waals surface area contributed by atoms with Gasteiger partial charge in [0.1, 0.15) is 5.82 Å². The van der Waals surface area contributed by atoms with Crippen LogP contribution >= 0.6 is 0 Å². The molecular formula is C16H14FNO2. The van der Waals surface area contributed by atoms with E-state index in [1.165, 1.54) is 31.2 Å². The third kappa shape index (κ3) is 3.09. The van der Waals surface area contributed by atoms with E-state index in [4.69, 9.17) is 0 Å². The number of carbonyl (C=O) groups is 2. The van der Waals surface area contributed by atoms with Gasteiger partial charge in [0.2, 0.25) is 5.91 Å². The van der Waals surface area contributed by atoms with E-state index < -0.39 is 5.82 Å². The van der Waals surface area contributed by atoms with Crippen molar-refractivity contribution < 1.29 is 14.0 Å². The molecule has 0 unspecified atom stereocenters. The minimum Gasteiger partial charge on any atom is -0.326 e. The smallest absolute Gasteiger partial charge is 0.221 e. The van der Waals surface area contributed by atoms with Gasteiger partial charge in [-0.25, -0.2) is 4.39 Å². The molecule has 2 rings (SSSR count). The van der Waals surface area contributed by atoms with Crippen LogP contribution in [0.4, 0.5) is 10.1 Å². The lowest BCUT2D eigenvalue weighted by atomic mass is 9.99. The number of carbonyl (C=O) groups excluding carboxylic acids is 2. The summed E-state index contributed by atoms with van der Waals surface area (Å²) in [6, 6.07) is 10.5. The molecule has 0 fully saturated rings. The zero-order valence-electron chi connectivity index (χ0n) is 11.2. The van der Waals surface area contributed by atoms with Gasteiger partial charge in [-0.15, -0.1) is 0 Å². The van der Waals surface area contributed by atoms with Crippen LogP contribution in [0, 0.1) is 12.7 Å². The molecule has 0 aliphatic heterocycles. The van der Waals surface area contributed by atoms with Crippen molar-refractivity contribution in [2.45, 2.75) is 13.8 Å². The van der Waals surface area contributed by atoms with Crippen LogP contribution in [-0.2, 0) is 4.79 Å². The molecule has 0 aliphatic carbocycles. The summed E-state index contributed by atoms with van der Waals surface area (Å²) < 4.78 is 12.9. The van der Waals surface area contributed by atoms with Crippen LogP contribution in [0.2, 0.25) is 0 Å². The molecule has 0 bridgehead atoms. The fraction of sp³-hybridized carbons (Fsp3) is 0.125. The number of hydrogen-bond acceptors (Lipinski definition) is 2. The number of hydrogen-bond donors (Lipinski definition) is 1. The molecular weight excluding hydrogens is 257 g/mol. The summed E-state index contributed by atoms with van der Waals surface area (Å²) in [5.74, 6) is -0.896. The Labute approximate surface area is 116 Å². The van der Waals surface area contributed by atoms with E-state index in [0.29, 0.717) is 16.8 Å². The highest BCUT2D eigenvalue weighted by Crippen LogP contribution is 2.21. The van der Waals surface area contributed by atoms with Crippen LogP contribution in [0.15, 0.2) is 42.5 Å². The lowest BCUT2D eigenvalue weighted by Gasteiger charge is -2.10. The Morgan fingerprint density at radius 3 is 2.30 bits per heavy atom. The average Bonchev–Trinajstić information content (AvgIpc) is 2.40. The standard InChI is InChI=1S/C16H14FNO2/c1-10-3-8-15(18-11(2)19)14(9-10)16(20)12-4-6-13(17)7-5-12/h3-9H,1-2H3,(H,18,19). The van der Waals surface area contributed by atoms with Gasteiger partial charge in [0.25, 0.3) is 0 Å². The Kier molecular flexibility index (Phi) is 3.94. The van der Waals surface area contributed by atoms with Gasteiger partial charge in [-0.2, -0.15) is 0 Å². The number of aryl methyl sites for hydroxylation is 1. The van der Waals surface area contributed by atoms with Crippen LogP contribution in [0.3, 0.4) is 0 Å². The second-order valence-electron chi connectivity index (χ2n) is 4.57. The predicted molar refractivity (Wildman–Crippen MR) is 75.3 cm³/mol. The van der Waals surface area contributed by atoms with Crippen LogP contribution in [-0.4, -0.2) is 11.7 Å². The Balaban J connectivity index is 2.44. The molecule has 0 atom stereocenters. The third-order valence-electron chi connectivity index (χ3n) is 2.84. The molecule has 0 aromatic heterocycles. The molecule has 102 valence electrons.